The Morgan fingerprint density at radius 3 is 2.55 bits per heavy atom. The minimum Gasteiger partial charge on any atom is -0.382 e. The summed E-state index contributed by atoms with van der Waals surface area (Å²) < 4.78 is 10.3. The van der Waals surface area contributed by atoms with Gasteiger partial charge in [-0.2, -0.15) is 0 Å². The largest absolute Gasteiger partial charge is 0.382 e. The van der Waals surface area contributed by atoms with E-state index in [0.717, 1.165) is 0 Å². The molecule has 0 aliphatic carbocycles. The van der Waals surface area contributed by atoms with Crippen LogP contribution >= 0.6 is 0 Å². The van der Waals surface area contributed by atoms with E-state index >= 15 is 0 Å². The van der Waals surface area contributed by atoms with Gasteiger partial charge in [-0.3, -0.25) is 9.59 Å². The number of amides is 2. The molecule has 6 nitrogen and oxygen atoms in total. The topological polar surface area (TPSA) is 67.9 Å². The SMILES string of the molecule is COCCOCCN1C(=O)C(CC(C)C)NC(=O)C1C. The number of methoxy groups -OCH3 is 1. The number of nitrogens with one attached hydrogen (secondary N) is 1. The van der Waals surface area contributed by atoms with Gasteiger partial charge in [0.2, 0.25) is 11.8 Å². The summed E-state index contributed by atoms with van der Waals surface area (Å²) in [7, 11) is 1.61. The molecule has 1 fully saturated rings. The maximum atomic E-state index is 12.4. The molecule has 0 aromatic heterocycles. The molecule has 2 atom stereocenters. The van der Waals surface area contributed by atoms with Crippen LogP contribution in [0.1, 0.15) is 27.2 Å². The predicted octanol–water partition coefficient (Wildman–Crippen LogP) is 0.411. The third-order valence-corrected chi connectivity index (χ3v) is 3.36. The summed E-state index contributed by atoms with van der Waals surface area (Å²) in [5.41, 5.74) is 0. The first-order chi connectivity index (χ1) is 9.47. The number of nitrogens with zero attached hydrogens (tertiary/aromatic N) is 1. The summed E-state index contributed by atoms with van der Waals surface area (Å²) in [6, 6.07) is -0.838. The van der Waals surface area contributed by atoms with Crippen LogP contribution in [0, 0.1) is 5.92 Å². The number of carbonyl (C=O) groups is 2. The zero-order chi connectivity index (χ0) is 15.1. The van der Waals surface area contributed by atoms with Crippen molar-refractivity contribution in [2.75, 3.05) is 33.5 Å². The summed E-state index contributed by atoms with van der Waals surface area (Å²) >= 11 is 0. The molecule has 1 heterocycles. The van der Waals surface area contributed by atoms with Gasteiger partial charge in [-0.25, -0.2) is 0 Å². The van der Waals surface area contributed by atoms with Crippen molar-refractivity contribution < 1.29 is 19.1 Å². The second-order valence-electron chi connectivity index (χ2n) is 5.50. The highest BCUT2D eigenvalue weighted by molar-refractivity contribution is 5.96. The molecule has 20 heavy (non-hydrogen) atoms. The molecule has 2 unspecified atom stereocenters. The van der Waals surface area contributed by atoms with Crippen LogP contribution in [0.2, 0.25) is 0 Å². The van der Waals surface area contributed by atoms with E-state index in [1.54, 1.807) is 18.9 Å². The van der Waals surface area contributed by atoms with Crippen molar-refractivity contribution in [3.63, 3.8) is 0 Å². The number of ether oxygens (including phenoxy) is 2. The fourth-order valence-electron chi connectivity index (χ4n) is 2.23. The Labute approximate surface area is 120 Å². The minimum absolute atomic E-state index is 0.0128. The smallest absolute Gasteiger partial charge is 0.245 e. The lowest BCUT2D eigenvalue weighted by molar-refractivity contribution is -0.149. The van der Waals surface area contributed by atoms with E-state index in [9.17, 15) is 9.59 Å². The first-order valence-electron chi connectivity index (χ1n) is 7.15. The quantitative estimate of drug-likeness (QED) is 0.656. The molecule has 0 aromatic carbocycles. The average Bonchev–Trinajstić information content (AvgIpc) is 2.38. The van der Waals surface area contributed by atoms with Gasteiger partial charge in [0.25, 0.3) is 0 Å². The Morgan fingerprint density at radius 2 is 1.95 bits per heavy atom. The highest BCUT2D eigenvalue weighted by Gasteiger charge is 2.37. The van der Waals surface area contributed by atoms with Crippen LogP contribution in [0.3, 0.4) is 0 Å². The molecular formula is C14H26N2O4. The summed E-state index contributed by atoms with van der Waals surface area (Å²) in [6.45, 7) is 7.70. The first-order valence-corrected chi connectivity index (χ1v) is 7.15. The lowest BCUT2D eigenvalue weighted by atomic mass is 9.99. The van der Waals surface area contributed by atoms with Crippen LogP contribution in [0.5, 0.6) is 0 Å². The van der Waals surface area contributed by atoms with Gasteiger partial charge >= 0.3 is 0 Å². The molecule has 1 aliphatic rings. The molecule has 1 N–H and O–H groups in total. The predicted molar refractivity (Wildman–Crippen MR) is 75.3 cm³/mol. The molecule has 6 heteroatoms. The van der Waals surface area contributed by atoms with E-state index < -0.39 is 12.1 Å². The van der Waals surface area contributed by atoms with Crippen molar-refractivity contribution in [2.45, 2.75) is 39.3 Å². The fraction of sp³-hybridized carbons (Fsp3) is 0.857. The van der Waals surface area contributed by atoms with E-state index in [2.05, 4.69) is 5.32 Å². The number of carbonyl (C=O) groups excluding carboxylic acids is 2. The highest BCUT2D eigenvalue weighted by atomic mass is 16.5. The lowest BCUT2D eigenvalue weighted by Crippen LogP contribution is -2.63. The summed E-state index contributed by atoms with van der Waals surface area (Å²) in [5, 5.41) is 2.80. The van der Waals surface area contributed by atoms with Crippen molar-refractivity contribution in [1.29, 1.82) is 0 Å². The van der Waals surface area contributed by atoms with E-state index in [1.165, 1.54) is 0 Å². The standard InChI is InChI=1S/C14H26N2O4/c1-10(2)9-12-14(18)16(11(3)13(17)15-12)5-6-20-8-7-19-4/h10-12H,5-9H2,1-4H3,(H,15,17). The molecule has 2 amide bonds. The maximum Gasteiger partial charge on any atom is 0.245 e. The van der Waals surface area contributed by atoms with E-state index in [4.69, 9.17) is 9.47 Å². The van der Waals surface area contributed by atoms with E-state index in [-0.39, 0.29) is 11.8 Å². The summed E-state index contributed by atoms with van der Waals surface area (Å²) in [4.78, 5) is 25.9. The van der Waals surface area contributed by atoms with Crippen molar-refractivity contribution in [2.24, 2.45) is 5.92 Å². The zero-order valence-electron chi connectivity index (χ0n) is 12.8. The maximum absolute atomic E-state index is 12.4. The molecule has 0 saturated carbocycles. The Bertz CT molecular complexity index is 333. The van der Waals surface area contributed by atoms with Crippen molar-refractivity contribution in [1.82, 2.24) is 10.2 Å². The average molecular weight is 286 g/mol. The molecule has 0 aromatic rings. The van der Waals surface area contributed by atoms with Crippen LogP contribution < -0.4 is 5.32 Å². The van der Waals surface area contributed by atoms with Crippen LogP contribution in [0.25, 0.3) is 0 Å². The normalized spacial score (nSPS) is 23.4. The van der Waals surface area contributed by atoms with Crippen LogP contribution in [-0.2, 0) is 19.1 Å². The van der Waals surface area contributed by atoms with Gasteiger partial charge in [0, 0.05) is 13.7 Å². The van der Waals surface area contributed by atoms with Gasteiger partial charge in [-0.15, -0.1) is 0 Å². The number of hydrogen-bond acceptors (Lipinski definition) is 4. The highest BCUT2D eigenvalue weighted by Crippen LogP contribution is 2.15. The molecule has 0 spiro atoms. The minimum atomic E-state index is -0.433. The van der Waals surface area contributed by atoms with E-state index in [0.29, 0.717) is 38.7 Å². The van der Waals surface area contributed by atoms with Crippen molar-refractivity contribution >= 4 is 11.8 Å². The molecule has 0 radical (unpaired) electrons. The summed E-state index contributed by atoms with van der Waals surface area (Å²) in [6.07, 6.45) is 0.665. The van der Waals surface area contributed by atoms with Gasteiger partial charge in [0.1, 0.15) is 12.1 Å². The molecule has 1 aliphatic heterocycles. The molecule has 116 valence electrons. The lowest BCUT2D eigenvalue weighted by Gasteiger charge is -2.37. The Balaban J connectivity index is 2.52. The van der Waals surface area contributed by atoms with Gasteiger partial charge in [0.15, 0.2) is 0 Å². The fourth-order valence-corrected chi connectivity index (χ4v) is 2.23. The van der Waals surface area contributed by atoms with Gasteiger partial charge in [-0.05, 0) is 19.3 Å². The summed E-state index contributed by atoms with van der Waals surface area (Å²) in [5.74, 6) is 0.255. The number of hydrogen-bond donors (Lipinski definition) is 1. The third-order valence-electron chi connectivity index (χ3n) is 3.36. The zero-order valence-corrected chi connectivity index (χ0v) is 12.8. The van der Waals surface area contributed by atoms with Crippen LogP contribution in [0.15, 0.2) is 0 Å². The van der Waals surface area contributed by atoms with Crippen molar-refractivity contribution in [3.05, 3.63) is 0 Å². The van der Waals surface area contributed by atoms with Crippen molar-refractivity contribution in [3.8, 4) is 0 Å². The third kappa shape index (κ3) is 4.76. The Kier molecular flexibility index (Phi) is 6.95. The molecular weight excluding hydrogens is 260 g/mol. The molecule has 0 bridgehead atoms. The van der Waals surface area contributed by atoms with Gasteiger partial charge in [0.05, 0.1) is 19.8 Å². The number of piperazine rings is 1. The monoisotopic (exact) mass is 286 g/mol. The van der Waals surface area contributed by atoms with Gasteiger partial charge < -0.3 is 19.7 Å². The van der Waals surface area contributed by atoms with E-state index in [1.807, 2.05) is 13.8 Å². The Morgan fingerprint density at radius 1 is 1.25 bits per heavy atom. The second-order valence-corrected chi connectivity index (χ2v) is 5.50. The number of rotatable bonds is 8. The van der Waals surface area contributed by atoms with Gasteiger partial charge in [-0.1, -0.05) is 13.8 Å². The molecule has 1 rings (SSSR count). The molecule has 1 saturated heterocycles. The second kappa shape index (κ2) is 8.21. The van der Waals surface area contributed by atoms with Crippen LogP contribution in [-0.4, -0.2) is 62.3 Å². The van der Waals surface area contributed by atoms with Crippen LogP contribution in [0.4, 0.5) is 0 Å². The Hall–Kier alpha value is -1.14. The first kappa shape index (κ1) is 16.9.